The molecule has 1 amide bonds. The van der Waals surface area contributed by atoms with Gasteiger partial charge in [-0.3, -0.25) is 9.59 Å². The zero-order valence-corrected chi connectivity index (χ0v) is 13.5. The molecular weight excluding hydrogens is 300 g/mol. The average Bonchev–Trinajstić information content (AvgIpc) is 2.38. The summed E-state index contributed by atoms with van der Waals surface area (Å²) >= 11 is 0. The molecule has 0 aromatic carbocycles. The summed E-state index contributed by atoms with van der Waals surface area (Å²) in [6.45, 7) is 3.08. The molecular formula is C12H24N2O6S. The Hall–Kier alpha value is -1.19. The van der Waals surface area contributed by atoms with Crippen molar-refractivity contribution in [2.24, 2.45) is 0 Å². The zero-order valence-electron chi connectivity index (χ0n) is 12.7. The van der Waals surface area contributed by atoms with Crippen LogP contribution in [0.5, 0.6) is 0 Å². The van der Waals surface area contributed by atoms with Crippen molar-refractivity contribution in [3.8, 4) is 0 Å². The van der Waals surface area contributed by atoms with Gasteiger partial charge in [0.25, 0.3) is 0 Å². The van der Waals surface area contributed by atoms with E-state index in [2.05, 4.69) is 5.32 Å². The minimum Gasteiger partial charge on any atom is -0.480 e. The van der Waals surface area contributed by atoms with Crippen LogP contribution < -0.4 is 5.32 Å². The number of aliphatic carboxylic acids is 1. The van der Waals surface area contributed by atoms with Crippen LogP contribution in [0, 0.1) is 0 Å². The van der Waals surface area contributed by atoms with E-state index >= 15 is 0 Å². The van der Waals surface area contributed by atoms with Gasteiger partial charge in [0.15, 0.2) is 0 Å². The minimum absolute atomic E-state index is 0.0698. The Morgan fingerprint density at radius 3 is 2.43 bits per heavy atom. The first-order valence-corrected chi connectivity index (χ1v) is 8.29. The number of methoxy groups -OCH3 is 1. The second kappa shape index (κ2) is 9.69. The number of amides is 1. The van der Waals surface area contributed by atoms with Gasteiger partial charge in [-0.2, -0.15) is 4.31 Å². The van der Waals surface area contributed by atoms with E-state index in [-0.39, 0.29) is 24.7 Å². The van der Waals surface area contributed by atoms with Crippen molar-refractivity contribution in [2.45, 2.75) is 32.7 Å². The average molecular weight is 324 g/mol. The number of carboxylic acids is 1. The molecule has 0 rings (SSSR count). The maximum atomic E-state index is 12.2. The molecule has 8 nitrogen and oxygen atoms in total. The fourth-order valence-corrected chi connectivity index (χ4v) is 3.43. The fraction of sp³-hybridized carbons (Fsp3) is 0.833. The van der Waals surface area contributed by atoms with E-state index in [4.69, 9.17) is 9.84 Å². The molecule has 1 atom stereocenters. The van der Waals surface area contributed by atoms with E-state index in [9.17, 15) is 18.0 Å². The Morgan fingerprint density at radius 1 is 1.33 bits per heavy atom. The SMILES string of the molecule is COCCCCS(=O)(=O)N(CCNC(C)=O)C(C)C(=O)O. The third-order valence-electron chi connectivity index (χ3n) is 2.85. The summed E-state index contributed by atoms with van der Waals surface area (Å²) < 4.78 is 30.2. The van der Waals surface area contributed by atoms with Crippen molar-refractivity contribution in [3.05, 3.63) is 0 Å². The number of nitrogens with zero attached hydrogens (tertiary/aromatic N) is 1. The number of carboxylic acid groups (broad SMARTS) is 1. The Kier molecular flexibility index (Phi) is 9.14. The number of unbranched alkanes of at least 4 members (excludes halogenated alkanes) is 1. The van der Waals surface area contributed by atoms with Gasteiger partial charge >= 0.3 is 5.97 Å². The van der Waals surface area contributed by atoms with Crippen LogP contribution in [-0.2, 0) is 24.3 Å². The third kappa shape index (κ3) is 7.98. The van der Waals surface area contributed by atoms with Gasteiger partial charge in [0.2, 0.25) is 15.9 Å². The first-order valence-electron chi connectivity index (χ1n) is 6.68. The van der Waals surface area contributed by atoms with Crippen molar-refractivity contribution in [1.82, 2.24) is 9.62 Å². The van der Waals surface area contributed by atoms with Crippen molar-refractivity contribution in [2.75, 3.05) is 32.6 Å². The number of hydrogen-bond donors (Lipinski definition) is 2. The van der Waals surface area contributed by atoms with Gasteiger partial charge in [-0.1, -0.05) is 0 Å². The van der Waals surface area contributed by atoms with Gasteiger partial charge in [-0.05, 0) is 19.8 Å². The number of nitrogens with one attached hydrogen (secondary N) is 1. The predicted molar refractivity (Wildman–Crippen MR) is 77.4 cm³/mol. The van der Waals surface area contributed by atoms with Crippen LogP contribution in [0.2, 0.25) is 0 Å². The molecule has 0 saturated carbocycles. The van der Waals surface area contributed by atoms with Crippen LogP contribution in [0.1, 0.15) is 26.7 Å². The minimum atomic E-state index is -3.70. The van der Waals surface area contributed by atoms with Crippen LogP contribution in [0.3, 0.4) is 0 Å². The summed E-state index contributed by atoms with van der Waals surface area (Å²) in [5.74, 6) is -1.66. The topological polar surface area (TPSA) is 113 Å². The van der Waals surface area contributed by atoms with Gasteiger partial charge in [0.1, 0.15) is 6.04 Å². The first-order chi connectivity index (χ1) is 9.72. The highest BCUT2D eigenvalue weighted by atomic mass is 32.2. The molecule has 0 saturated heterocycles. The largest absolute Gasteiger partial charge is 0.480 e. The van der Waals surface area contributed by atoms with Crippen molar-refractivity contribution in [3.63, 3.8) is 0 Å². The van der Waals surface area contributed by atoms with Gasteiger partial charge in [-0.15, -0.1) is 0 Å². The van der Waals surface area contributed by atoms with E-state index < -0.39 is 22.0 Å². The second-order valence-corrected chi connectivity index (χ2v) is 6.66. The molecule has 124 valence electrons. The lowest BCUT2D eigenvalue weighted by Crippen LogP contribution is -2.47. The molecule has 0 aromatic rings. The van der Waals surface area contributed by atoms with E-state index in [0.717, 1.165) is 4.31 Å². The van der Waals surface area contributed by atoms with E-state index in [1.54, 1.807) is 0 Å². The molecule has 21 heavy (non-hydrogen) atoms. The van der Waals surface area contributed by atoms with Crippen molar-refractivity contribution in [1.29, 1.82) is 0 Å². The highest BCUT2D eigenvalue weighted by Gasteiger charge is 2.30. The molecule has 0 bridgehead atoms. The smallest absolute Gasteiger partial charge is 0.321 e. The number of hydrogen-bond acceptors (Lipinski definition) is 5. The molecule has 9 heteroatoms. The molecule has 0 aliphatic rings. The van der Waals surface area contributed by atoms with Gasteiger partial charge in [0.05, 0.1) is 5.75 Å². The Labute approximate surface area is 125 Å². The van der Waals surface area contributed by atoms with Crippen LogP contribution in [0.4, 0.5) is 0 Å². The van der Waals surface area contributed by atoms with Gasteiger partial charge in [-0.25, -0.2) is 8.42 Å². The normalized spacial score (nSPS) is 13.1. The predicted octanol–water partition coefficient (Wildman–Crippen LogP) is -0.346. The van der Waals surface area contributed by atoms with Crippen LogP contribution in [0.15, 0.2) is 0 Å². The Morgan fingerprint density at radius 2 is 1.95 bits per heavy atom. The molecule has 2 N–H and O–H groups in total. The summed E-state index contributed by atoms with van der Waals surface area (Å²) in [4.78, 5) is 21.9. The number of sulfonamides is 1. The summed E-state index contributed by atoms with van der Waals surface area (Å²) in [5.41, 5.74) is 0. The summed E-state index contributed by atoms with van der Waals surface area (Å²) in [7, 11) is -2.17. The highest BCUT2D eigenvalue weighted by Crippen LogP contribution is 2.10. The lowest BCUT2D eigenvalue weighted by molar-refractivity contribution is -0.140. The number of carbonyl (C=O) groups is 2. The lowest BCUT2D eigenvalue weighted by Gasteiger charge is -2.25. The number of carbonyl (C=O) groups excluding carboxylic acids is 1. The quantitative estimate of drug-likeness (QED) is 0.502. The number of rotatable bonds is 11. The maximum absolute atomic E-state index is 12.2. The molecule has 0 spiro atoms. The monoisotopic (exact) mass is 324 g/mol. The third-order valence-corrected chi connectivity index (χ3v) is 4.87. The number of ether oxygens (including phenoxy) is 1. The Bertz CT molecular complexity index is 437. The van der Waals surface area contributed by atoms with E-state index in [1.165, 1.54) is 21.0 Å². The maximum Gasteiger partial charge on any atom is 0.321 e. The van der Waals surface area contributed by atoms with Gasteiger partial charge < -0.3 is 15.2 Å². The summed E-state index contributed by atoms with van der Waals surface area (Å²) in [5, 5.41) is 11.5. The van der Waals surface area contributed by atoms with Crippen molar-refractivity contribution < 1.29 is 27.9 Å². The molecule has 0 fully saturated rings. The fourth-order valence-electron chi connectivity index (χ4n) is 1.69. The summed E-state index contributed by atoms with van der Waals surface area (Å²) in [6, 6.07) is -1.17. The molecule has 1 unspecified atom stereocenters. The second-order valence-electron chi connectivity index (χ2n) is 4.62. The van der Waals surface area contributed by atoms with Gasteiger partial charge in [0, 0.05) is 33.7 Å². The van der Waals surface area contributed by atoms with Crippen LogP contribution >= 0.6 is 0 Å². The summed E-state index contributed by atoms with van der Waals surface area (Å²) in [6.07, 6.45) is 0.968. The standard InChI is InChI=1S/C12H24N2O6S/c1-10(12(16)17)14(7-6-13-11(2)15)21(18,19)9-5-4-8-20-3/h10H,4-9H2,1-3H3,(H,13,15)(H,16,17). The molecule has 0 aliphatic heterocycles. The van der Waals surface area contributed by atoms with Crippen LogP contribution in [-0.4, -0.2) is 68.3 Å². The first kappa shape index (κ1) is 19.8. The molecule has 0 heterocycles. The molecule has 0 aromatic heterocycles. The molecule has 0 aliphatic carbocycles. The van der Waals surface area contributed by atoms with E-state index in [0.29, 0.717) is 19.4 Å². The van der Waals surface area contributed by atoms with Crippen molar-refractivity contribution >= 4 is 21.9 Å². The zero-order chi connectivity index (χ0) is 16.5. The van der Waals surface area contributed by atoms with Crippen LogP contribution in [0.25, 0.3) is 0 Å². The van der Waals surface area contributed by atoms with E-state index in [1.807, 2.05) is 0 Å². The Balaban J connectivity index is 4.75. The highest BCUT2D eigenvalue weighted by molar-refractivity contribution is 7.89. The molecule has 0 radical (unpaired) electrons. The lowest BCUT2D eigenvalue weighted by atomic mass is 10.3.